The number of anilines is 1. The number of rotatable bonds is 7. The van der Waals surface area contributed by atoms with Crippen molar-refractivity contribution in [1.29, 1.82) is 0 Å². The number of carboxylic acids is 1. The van der Waals surface area contributed by atoms with Gasteiger partial charge in [0.2, 0.25) is 0 Å². The van der Waals surface area contributed by atoms with E-state index in [4.69, 9.17) is 5.73 Å². The van der Waals surface area contributed by atoms with Gasteiger partial charge in [0, 0.05) is 17.2 Å². The average molecular weight is 515 g/mol. The maximum atomic E-state index is 12.8. The molecule has 1 fully saturated rings. The van der Waals surface area contributed by atoms with E-state index >= 15 is 0 Å². The number of aliphatic carboxylic acids is 1. The van der Waals surface area contributed by atoms with Crippen LogP contribution in [0, 0.1) is 0 Å². The molecule has 2 amide bonds. The maximum absolute atomic E-state index is 12.8. The van der Waals surface area contributed by atoms with Gasteiger partial charge in [0.1, 0.15) is 22.1 Å². The molecule has 5 rings (SSSR count). The van der Waals surface area contributed by atoms with Crippen molar-refractivity contribution in [2.45, 2.75) is 22.5 Å². The molecule has 2 aromatic heterocycles. The zero-order valence-electron chi connectivity index (χ0n) is 17.8. The molecule has 2 aliphatic heterocycles. The first-order valence-electron chi connectivity index (χ1n) is 10.3. The second kappa shape index (κ2) is 9.16. The second-order valence-electron chi connectivity index (χ2n) is 7.71. The first kappa shape index (κ1) is 23.1. The van der Waals surface area contributed by atoms with E-state index in [1.165, 1.54) is 45.2 Å². The first-order chi connectivity index (χ1) is 16.8. The van der Waals surface area contributed by atoms with Crippen molar-refractivity contribution in [3.63, 3.8) is 0 Å². The minimum Gasteiger partial charge on any atom is -0.477 e. The highest BCUT2D eigenvalue weighted by Gasteiger charge is 2.54. The number of benzene rings is 1. The van der Waals surface area contributed by atoms with Gasteiger partial charge in [-0.05, 0) is 45.8 Å². The SMILES string of the molecule is Nc1ccc(C(O)C(=O)NC2C(=O)N3C(C(=O)O)=C(CSc4ccc5nnnn5n4)CS[C@@H]23)cc1. The molecule has 0 bridgehead atoms. The molecule has 3 atom stereocenters. The van der Waals surface area contributed by atoms with Gasteiger partial charge < -0.3 is 21.3 Å². The Hall–Kier alpha value is -3.69. The normalized spacial score (nSPS) is 20.4. The Bertz CT molecular complexity index is 1360. The molecule has 0 saturated carbocycles. The van der Waals surface area contributed by atoms with E-state index in [0.29, 0.717) is 39.0 Å². The minimum absolute atomic E-state index is 0.0978. The van der Waals surface area contributed by atoms with Crippen molar-refractivity contribution in [1.82, 2.24) is 35.5 Å². The molecule has 1 aromatic carbocycles. The number of aliphatic hydroxyl groups is 1. The molecule has 1 saturated heterocycles. The summed E-state index contributed by atoms with van der Waals surface area (Å²) in [6, 6.07) is 8.62. The molecule has 13 nitrogen and oxygen atoms in total. The van der Waals surface area contributed by atoms with Gasteiger partial charge in [-0.2, -0.15) is 0 Å². The number of nitrogens with one attached hydrogen (secondary N) is 1. The maximum Gasteiger partial charge on any atom is 0.352 e. The van der Waals surface area contributed by atoms with Crippen molar-refractivity contribution >= 4 is 52.6 Å². The van der Waals surface area contributed by atoms with Crippen LogP contribution in [0.5, 0.6) is 0 Å². The number of thioether (sulfide) groups is 2. The van der Waals surface area contributed by atoms with Gasteiger partial charge in [-0.25, -0.2) is 4.79 Å². The molecule has 5 N–H and O–H groups in total. The number of hydrogen-bond acceptors (Lipinski definition) is 11. The topological polar surface area (TPSA) is 189 Å². The van der Waals surface area contributed by atoms with Gasteiger partial charge in [0.05, 0.1) is 0 Å². The van der Waals surface area contributed by atoms with Crippen molar-refractivity contribution in [2.24, 2.45) is 0 Å². The number of carbonyl (C=O) groups excluding carboxylic acids is 2. The lowest BCUT2D eigenvalue weighted by atomic mass is 10.0. The number of nitrogens with two attached hydrogens (primary N) is 1. The molecular weight excluding hydrogens is 496 g/mol. The number of aromatic nitrogens is 5. The second-order valence-corrected chi connectivity index (χ2v) is 9.81. The number of tetrazole rings is 1. The Morgan fingerprint density at radius 2 is 2.03 bits per heavy atom. The third-order valence-electron chi connectivity index (χ3n) is 5.49. The van der Waals surface area contributed by atoms with Crippen LogP contribution in [-0.4, -0.2) is 81.1 Å². The van der Waals surface area contributed by atoms with E-state index in [0.717, 1.165) is 0 Å². The lowest BCUT2D eigenvalue weighted by Crippen LogP contribution is -2.70. The molecule has 2 aliphatic rings. The van der Waals surface area contributed by atoms with Crippen molar-refractivity contribution in [3.05, 3.63) is 53.2 Å². The van der Waals surface area contributed by atoms with Crippen LogP contribution in [0.2, 0.25) is 0 Å². The van der Waals surface area contributed by atoms with Gasteiger partial charge in [-0.1, -0.05) is 12.1 Å². The molecule has 0 radical (unpaired) electrons. The van der Waals surface area contributed by atoms with Crippen molar-refractivity contribution in [2.75, 3.05) is 17.2 Å². The Morgan fingerprint density at radius 3 is 2.77 bits per heavy atom. The lowest BCUT2D eigenvalue weighted by molar-refractivity contribution is -0.151. The fourth-order valence-electron chi connectivity index (χ4n) is 3.73. The monoisotopic (exact) mass is 514 g/mol. The number of carboxylic acid groups (broad SMARTS) is 1. The number of nitrogens with zero attached hydrogens (tertiary/aromatic N) is 6. The van der Waals surface area contributed by atoms with Crippen LogP contribution in [0.15, 0.2) is 52.7 Å². The number of fused-ring (bicyclic) bond motifs is 2. The Balaban J connectivity index is 1.28. The quantitative estimate of drug-likeness (QED) is 0.183. The van der Waals surface area contributed by atoms with E-state index < -0.39 is 35.3 Å². The van der Waals surface area contributed by atoms with Crippen LogP contribution < -0.4 is 11.1 Å². The standard InChI is InChI=1S/C20H18N8O5S2/c21-11-3-1-9(2-4-11)16(29)17(30)22-14-18(31)27-15(20(32)33)10(8-35-19(14)27)7-34-13-6-5-12-23-25-26-28(12)24-13/h1-6,14,16,19,29H,7-8,21H2,(H,22,30)(H,32,33)/t14?,16?,19-/m0/s1. The number of hydrogen-bond donors (Lipinski definition) is 4. The number of nitrogen functional groups attached to an aromatic ring is 1. The van der Waals surface area contributed by atoms with E-state index in [9.17, 15) is 24.6 Å². The van der Waals surface area contributed by atoms with Crippen LogP contribution >= 0.6 is 23.5 Å². The number of carbonyl (C=O) groups is 3. The molecule has 3 aromatic rings. The van der Waals surface area contributed by atoms with Crippen LogP contribution in [0.4, 0.5) is 5.69 Å². The predicted molar refractivity (Wildman–Crippen MR) is 125 cm³/mol. The van der Waals surface area contributed by atoms with Crippen LogP contribution in [0.25, 0.3) is 5.65 Å². The van der Waals surface area contributed by atoms with Gasteiger partial charge >= 0.3 is 5.97 Å². The highest BCUT2D eigenvalue weighted by molar-refractivity contribution is 8.01. The van der Waals surface area contributed by atoms with Gasteiger partial charge in [0.25, 0.3) is 11.8 Å². The molecule has 180 valence electrons. The average Bonchev–Trinajstić information content (AvgIpc) is 3.33. The fraction of sp³-hybridized carbons (Fsp3) is 0.250. The summed E-state index contributed by atoms with van der Waals surface area (Å²) < 4.78 is 1.27. The Labute approximate surface area is 205 Å². The van der Waals surface area contributed by atoms with Gasteiger partial charge in [-0.15, -0.1) is 38.4 Å². The predicted octanol–water partition coefficient (Wildman–Crippen LogP) is -0.334. The summed E-state index contributed by atoms with van der Waals surface area (Å²) in [5.41, 5.74) is 7.38. The number of amides is 2. The summed E-state index contributed by atoms with van der Waals surface area (Å²) in [4.78, 5) is 38.6. The smallest absolute Gasteiger partial charge is 0.352 e. The fourth-order valence-corrected chi connectivity index (χ4v) is 6.06. The number of aliphatic hydroxyl groups excluding tert-OH is 1. The van der Waals surface area contributed by atoms with E-state index in [1.807, 2.05) is 0 Å². The van der Waals surface area contributed by atoms with Crippen molar-refractivity contribution in [3.8, 4) is 0 Å². The Kier molecular flexibility index (Phi) is 6.04. The van der Waals surface area contributed by atoms with Gasteiger partial charge in [-0.3, -0.25) is 14.5 Å². The third-order valence-corrected chi connectivity index (χ3v) is 7.83. The van der Waals surface area contributed by atoms with Crippen LogP contribution in [-0.2, 0) is 14.4 Å². The Morgan fingerprint density at radius 1 is 1.26 bits per heavy atom. The van der Waals surface area contributed by atoms with Gasteiger partial charge in [0.15, 0.2) is 11.8 Å². The number of β-lactam (4-membered cyclic amide) rings is 1. The summed E-state index contributed by atoms with van der Waals surface area (Å²) >= 11 is 2.64. The summed E-state index contributed by atoms with van der Waals surface area (Å²) in [5.74, 6) is -1.88. The molecule has 0 spiro atoms. The third kappa shape index (κ3) is 4.28. The van der Waals surface area contributed by atoms with E-state index in [2.05, 4.69) is 25.9 Å². The first-order valence-corrected chi connectivity index (χ1v) is 12.3. The molecule has 35 heavy (non-hydrogen) atoms. The van der Waals surface area contributed by atoms with Crippen molar-refractivity contribution < 1.29 is 24.6 Å². The highest BCUT2D eigenvalue weighted by atomic mass is 32.2. The molecule has 0 aliphatic carbocycles. The lowest BCUT2D eigenvalue weighted by Gasteiger charge is -2.49. The zero-order valence-corrected chi connectivity index (χ0v) is 19.4. The summed E-state index contributed by atoms with van der Waals surface area (Å²) in [6.45, 7) is 0. The highest BCUT2D eigenvalue weighted by Crippen LogP contribution is 2.41. The summed E-state index contributed by atoms with van der Waals surface area (Å²) in [7, 11) is 0. The molecular formula is C20H18N8O5S2. The molecule has 15 heteroatoms. The summed E-state index contributed by atoms with van der Waals surface area (Å²) in [6.07, 6.45) is -1.49. The van der Waals surface area contributed by atoms with Crippen LogP contribution in [0.3, 0.4) is 0 Å². The largest absolute Gasteiger partial charge is 0.477 e. The van der Waals surface area contributed by atoms with E-state index in [1.54, 1.807) is 24.3 Å². The minimum atomic E-state index is -1.49. The summed E-state index contributed by atoms with van der Waals surface area (Å²) in [5, 5.41) is 38.0. The zero-order chi connectivity index (χ0) is 24.7. The molecule has 4 heterocycles. The van der Waals surface area contributed by atoms with E-state index in [-0.39, 0.29) is 5.70 Å². The molecule has 2 unspecified atom stereocenters. The van der Waals surface area contributed by atoms with Crippen LogP contribution in [0.1, 0.15) is 11.7 Å².